The number of hydrogen-bond donors (Lipinski definition) is 3. The van der Waals surface area contributed by atoms with E-state index in [1.807, 2.05) is 7.05 Å². The third-order valence-electron chi connectivity index (χ3n) is 2.04. The summed E-state index contributed by atoms with van der Waals surface area (Å²) in [7, 11) is 3.44. The van der Waals surface area contributed by atoms with Crippen LogP contribution in [-0.2, 0) is 9.53 Å². The molecule has 0 spiro atoms. The van der Waals surface area contributed by atoms with Crippen molar-refractivity contribution in [2.45, 2.75) is 25.3 Å². The molecular formula is C10H22N2O3. The van der Waals surface area contributed by atoms with Gasteiger partial charge in [-0.15, -0.1) is 0 Å². The van der Waals surface area contributed by atoms with E-state index in [2.05, 4.69) is 10.6 Å². The number of carbonyl (C=O) groups excluding carboxylic acids is 1. The highest BCUT2D eigenvalue weighted by molar-refractivity contribution is 5.76. The first kappa shape index (κ1) is 14.3. The number of hydrogen-bond acceptors (Lipinski definition) is 4. The smallest absolute Gasteiger partial charge is 0.220 e. The lowest BCUT2D eigenvalue weighted by Gasteiger charge is -2.16. The molecule has 0 rings (SSSR count). The Hall–Kier alpha value is -0.650. The Bertz CT molecular complexity index is 159. The van der Waals surface area contributed by atoms with Crippen LogP contribution in [0.1, 0.15) is 19.3 Å². The first-order valence-electron chi connectivity index (χ1n) is 5.28. The maximum Gasteiger partial charge on any atom is 0.220 e. The minimum atomic E-state index is -0.0814. The number of methoxy groups -OCH3 is 1. The molecule has 5 nitrogen and oxygen atoms in total. The molecule has 0 bridgehead atoms. The lowest BCUT2D eigenvalue weighted by molar-refractivity contribution is -0.122. The average Bonchev–Trinajstić information content (AvgIpc) is 2.19. The van der Waals surface area contributed by atoms with Crippen molar-refractivity contribution in [2.75, 3.05) is 33.9 Å². The highest BCUT2D eigenvalue weighted by Crippen LogP contribution is 1.94. The fraction of sp³-hybridized carbons (Fsp3) is 0.900. The van der Waals surface area contributed by atoms with Gasteiger partial charge in [0.15, 0.2) is 0 Å². The zero-order valence-electron chi connectivity index (χ0n) is 9.58. The highest BCUT2D eigenvalue weighted by Gasteiger charge is 2.10. The standard InChI is InChI=1S/C10H22N2O3/c1-11-6-3-4-10(14)12-9(5-7-13)8-15-2/h9,11,13H,3-8H2,1-2H3,(H,12,14). The summed E-state index contributed by atoms with van der Waals surface area (Å²) in [4.78, 5) is 11.4. The molecule has 0 saturated carbocycles. The van der Waals surface area contributed by atoms with Crippen LogP contribution >= 0.6 is 0 Å². The molecule has 0 heterocycles. The van der Waals surface area contributed by atoms with Gasteiger partial charge in [-0.1, -0.05) is 0 Å². The van der Waals surface area contributed by atoms with Crippen molar-refractivity contribution >= 4 is 5.91 Å². The Kier molecular flexibility index (Phi) is 9.46. The summed E-state index contributed by atoms with van der Waals surface area (Å²) in [6.07, 6.45) is 1.86. The molecule has 1 unspecified atom stereocenters. The van der Waals surface area contributed by atoms with Crippen LogP contribution in [0, 0.1) is 0 Å². The van der Waals surface area contributed by atoms with Gasteiger partial charge in [-0.2, -0.15) is 0 Å². The summed E-state index contributed by atoms with van der Waals surface area (Å²) in [5.74, 6) is 0.0146. The molecule has 0 aromatic rings. The summed E-state index contributed by atoms with van der Waals surface area (Å²) < 4.78 is 4.94. The molecule has 0 radical (unpaired) electrons. The van der Waals surface area contributed by atoms with E-state index in [4.69, 9.17) is 9.84 Å². The maximum absolute atomic E-state index is 11.4. The summed E-state index contributed by atoms with van der Waals surface area (Å²) in [5, 5.41) is 14.6. The van der Waals surface area contributed by atoms with Crippen molar-refractivity contribution in [3.63, 3.8) is 0 Å². The van der Waals surface area contributed by atoms with Crippen LogP contribution in [0.2, 0.25) is 0 Å². The number of carbonyl (C=O) groups is 1. The molecule has 1 atom stereocenters. The first-order chi connectivity index (χ1) is 7.24. The second-order valence-electron chi connectivity index (χ2n) is 3.44. The van der Waals surface area contributed by atoms with Crippen molar-refractivity contribution in [2.24, 2.45) is 0 Å². The summed E-state index contributed by atoms with van der Waals surface area (Å²) in [5.41, 5.74) is 0. The molecule has 0 aliphatic rings. The zero-order chi connectivity index (χ0) is 11.5. The van der Waals surface area contributed by atoms with Crippen LogP contribution < -0.4 is 10.6 Å². The number of aliphatic hydroxyl groups excluding tert-OH is 1. The Morgan fingerprint density at radius 2 is 2.27 bits per heavy atom. The third kappa shape index (κ3) is 8.35. The van der Waals surface area contributed by atoms with Gasteiger partial charge in [0.1, 0.15) is 0 Å². The predicted octanol–water partition coefficient (Wildman–Crippen LogP) is -0.500. The molecule has 0 saturated heterocycles. The van der Waals surface area contributed by atoms with E-state index in [-0.39, 0.29) is 18.6 Å². The minimum absolute atomic E-state index is 0.0146. The molecular weight excluding hydrogens is 196 g/mol. The molecule has 90 valence electrons. The van der Waals surface area contributed by atoms with Gasteiger partial charge in [0.25, 0.3) is 0 Å². The number of nitrogens with one attached hydrogen (secondary N) is 2. The molecule has 0 aliphatic heterocycles. The van der Waals surface area contributed by atoms with E-state index in [0.717, 1.165) is 13.0 Å². The third-order valence-corrected chi connectivity index (χ3v) is 2.04. The van der Waals surface area contributed by atoms with Crippen LogP contribution in [0.15, 0.2) is 0 Å². The lowest BCUT2D eigenvalue weighted by Crippen LogP contribution is -2.38. The molecule has 0 aliphatic carbocycles. The number of rotatable bonds is 9. The SMILES string of the molecule is CNCCCC(=O)NC(CCO)COC. The largest absolute Gasteiger partial charge is 0.396 e. The topological polar surface area (TPSA) is 70.6 Å². The predicted molar refractivity (Wildman–Crippen MR) is 58.7 cm³/mol. The van der Waals surface area contributed by atoms with Crippen molar-refractivity contribution in [3.8, 4) is 0 Å². The summed E-state index contributed by atoms with van der Waals surface area (Å²) in [6, 6.07) is -0.0814. The van der Waals surface area contributed by atoms with Gasteiger partial charge in [-0.05, 0) is 26.4 Å². The fourth-order valence-corrected chi connectivity index (χ4v) is 1.28. The Labute approximate surface area is 91.2 Å². The minimum Gasteiger partial charge on any atom is -0.396 e. The monoisotopic (exact) mass is 218 g/mol. The van der Waals surface area contributed by atoms with Gasteiger partial charge in [-0.25, -0.2) is 0 Å². The molecule has 0 aromatic carbocycles. The van der Waals surface area contributed by atoms with Gasteiger partial charge >= 0.3 is 0 Å². The number of ether oxygens (including phenoxy) is 1. The molecule has 15 heavy (non-hydrogen) atoms. The van der Waals surface area contributed by atoms with E-state index in [1.54, 1.807) is 7.11 Å². The molecule has 3 N–H and O–H groups in total. The first-order valence-corrected chi connectivity index (χ1v) is 5.28. The van der Waals surface area contributed by atoms with E-state index in [0.29, 0.717) is 19.4 Å². The van der Waals surface area contributed by atoms with E-state index in [9.17, 15) is 4.79 Å². The second kappa shape index (κ2) is 9.89. The Balaban J connectivity index is 3.67. The van der Waals surface area contributed by atoms with Crippen LogP contribution in [0.25, 0.3) is 0 Å². The van der Waals surface area contributed by atoms with Gasteiger partial charge in [0.05, 0.1) is 12.6 Å². The van der Waals surface area contributed by atoms with Crippen molar-refractivity contribution in [1.29, 1.82) is 0 Å². The maximum atomic E-state index is 11.4. The Morgan fingerprint density at radius 1 is 1.53 bits per heavy atom. The second-order valence-corrected chi connectivity index (χ2v) is 3.44. The van der Waals surface area contributed by atoms with Crippen LogP contribution in [0.4, 0.5) is 0 Å². The van der Waals surface area contributed by atoms with E-state index >= 15 is 0 Å². The zero-order valence-corrected chi connectivity index (χ0v) is 9.58. The highest BCUT2D eigenvalue weighted by atomic mass is 16.5. The summed E-state index contributed by atoms with van der Waals surface area (Å²) >= 11 is 0. The lowest BCUT2D eigenvalue weighted by atomic mass is 10.2. The van der Waals surface area contributed by atoms with Crippen LogP contribution in [0.5, 0.6) is 0 Å². The van der Waals surface area contributed by atoms with Crippen molar-refractivity contribution < 1.29 is 14.6 Å². The van der Waals surface area contributed by atoms with E-state index < -0.39 is 0 Å². The van der Waals surface area contributed by atoms with Crippen LogP contribution in [-0.4, -0.2) is 51.0 Å². The molecule has 1 amide bonds. The Morgan fingerprint density at radius 3 is 2.80 bits per heavy atom. The number of aliphatic hydroxyl groups is 1. The molecule has 0 fully saturated rings. The van der Waals surface area contributed by atoms with Crippen LogP contribution in [0.3, 0.4) is 0 Å². The summed E-state index contributed by atoms with van der Waals surface area (Å²) in [6.45, 7) is 1.34. The van der Waals surface area contributed by atoms with Crippen molar-refractivity contribution in [1.82, 2.24) is 10.6 Å². The quantitative estimate of drug-likeness (QED) is 0.456. The van der Waals surface area contributed by atoms with Gasteiger partial charge in [0, 0.05) is 20.1 Å². The van der Waals surface area contributed by atoms with Gasteiger partial charge < -0.3 is 20.5 Å². The van der Waals surface area contributed by atoms with Gasteiger partial charge in [0.2, 0.25) is 5.91 Å². The fourth-order valence-electron chi connectivity index (χ4n) is 1.28. The average molecular weight is 218 g/mol. The molecule has 5 heteroatoms. The normalized spacial score (nSPS) is 12.5. The van der Waals surface area contributed by atoms with E-state index in [1.165, 1.54) is 0 Å². The number of amides is 1. The van der Waals surface area contributed by atoms with Gasteiger partial charge in [-0.3, -0.25) is 4.79 Å². The molecule has 0 aromatic heterocycles. The van der Waals surface area contributed by atoms with Crippen molar-refractivity contribution in [3.05, 3.63) is 0 Å².